The minimum Gasteiger partial charge on any atom is -0.449 e. The Morgan fingerprint density at radius 1 is 1.38 bits per heavy atom. The first-order chi connectivity index (χ1) is 7.26. The summed E-state index contributed by atoms with van der Waals surface area (Å²) in [6.07, 6.45) is -5.29. The maximum atomic E-state index is 11.3. The highest BCUT2D eigenvalue weighted by molar-refractivity contribution is 7.53. The molecule has 5 N–H and O–H groups in total. The van der Waals surface area contributed by atoms with Gasteiger partial charge in [0.15, 0.2) is 6.10 Å². The summed E-state index contributed by atoms with van der Waals surface area (Å²) < 4.78 is 8.35. The predicted molar refractivity (Wildman–Crippen MR) is 46.4 cm³/mol. The number of esters is 1. The Morgan fingerprint density at radius 3 is 2.38 bits per heavy atom. The molecule has 1 heterocycles. The normalized spacial score (nSPS) is 28.1. The van der Waals surface area contributed by atoms with Gasteiger partial charge in [-0.3, -0.25) is 4.79 Å². The van der Waals surface area contributed by atoms with Crippen LogP contribution in [0.25, 0.3) is 0 Å². The summed E-state index contributed by atoms with van der Waals surface area (Å²) in [6.45, 7) is -0.825. The third-order valence-corrected chi connectivity index (χ3v) is 2.27. The Hall–Kier alpha value is -0.670. The van der Waals surface area contributed by atoms with E-state index in [2.05, 4.69) is 9.26 Å². The van der Waals surface area contributed by atoms with Gasteiger partial charge in [-0.2, -0.15) is 14.7 Å². The van der Waals surface area contributed by atoms with E-state index in [1.54, 1.807) is 0 Å². The Kier molecular flexibility index (Phi) is 3.92. The van der Waals surface area contributed by atoms with Gasteiger partial charge in [-0.05, 0) is 0 Å². The van der Waals surface area contributed by atoms with Gasteiger partial charge in [-0.25, -0.2) is 4.79 Å². The van der Waals surface area contributed by atoms with E-state index in [-0.39, 0.29) is 0 Å². The minimum absolute atomic E-state index is 0.825. The number of cyclic esters (lactones) is 1. The van der Waals surface area contributed by atoms with Crippen LogP contribution in [-0.2, 0) is 18.8 Å². The van der Waals surface area contributed by atoms with Crippen molar-refractivity contribution in [2.24, 2.45) is 0 Å². The number of rotatable bonds is 4. The van der Waals surface area contributed by atoms with Gasteiger partial charge in [0.1, 0.15) is 6.10 Å². The lowest BCUT2D eigenvalue weighted by Crippen LogP contribution is -2.37. The zero-order valence-electron chi connectivity index (χ0n) is 7.76. The van der Waals surface area contributed by atoms with Crippen LogP contribution in [0.1, 0.15) is 0 Å². The average molecular weight is 257 g/mol. The van der Waals surface area contributed by atoms with E-state index in [1.165, 1.54) is 0 Å². The fraction of sp³-hybridized carbons (Fsp3) is 0.667. The van der Waals surface area contributed by atoms with Crippen molar-refractivity contribution >= 4 is 19.9 Å². The first-order valence-corrected chi connectivity index (χ1v) is 5.61. The first kappa shape index (κ1) is 13.4. The fourth-order valence-electron chi connectivity index (χ4n) is 1.11. The van der Waals surface area contributed by atoms with Gasteiger partial charge in [-0.15, -0.1) is 4.52 Å². The summed E-state index contributed by atoms with van der Waals surface area (Å²) >= 11 is 0. The van der Waals surface area contributed by atoms with Gasteiger partial charge in [-0.1, -0.05) is 0 Å². The molecule has 1 aliphatic heterocycles. The van der Waals surface area contributed by atoms with Crippen LogP contribution >= 0.6 is 8.17 Å². The molecule has 9 nitrogen and oxygen atoms in total. The van der Waals surface area contributed by atoms with Crippen LogP contribution in [0.2, 0.25) is 0 Å². The van der Waals surface area contributed by atoms with Gasteiger partial charge < -0.3 is 14.9 Å². The van der Waals surface area contributed by atoms with Gasteiger partial charge in [0.05, 0.1) is 6.61 Å². The molecule has 0 amide bonds. The maximum Gasteiger partial charge on any atom is 0.568 e. The molecule has 1 saturated heterocycles. The second kappa shape index (κ2) is 4.68. The highest BCUT2D eigenvalue weighted by atomic mass is 31.2. The second-order valence-corrected chi connectivity index (χ2v) is 4.25. The molecule has 0 radical (unpaired) electrons. The summed E-state index contributed by atoms with van der Waals surface area (Å²) in [5, 5.41) is 17.6. The molecule has 0 saturated carbocycles. The smallest absolute Gasteiger partial charge is 0.449 e. The molecule has 0 aromatic rings. The van der Waals surface area contributed by atoms with Crippen molar-refractivity contribution in [3.8, 4) is 0 Å². The second-order valence-electron chi connectivity index (χ2n) is 3.01. The highest BCUT2D eigenvalue weighted by Crippen LogP contribution is 2.48. The number of Topliss-reactive ketones (excluding diaryl/α,β-unsaturated/α-hetero) is 1. The number of hydrogen-bond donors (Lipinski definition) is 5. The molecule has 0 spiro atoms. The number of carbonyl (C=O) groups is 2. The van der Waals surface area contributed by atoms with Gasteiger partial charge in [0.25, 0.3) is 6.10 Å². The highest BCUT2D eigenvalue weighted by Gasteiger charge is 2.54. The Balaban J connectivity index is 2.75. The zero-order chi connectivity index (χ0) is 12.5. The number of aliphatic hydroxyl groups is 2. The van der Waals surface area contributed by atoms with Crippen LogP contribution in [0.3, 0.4) is 0 Å². The molecule has 92 valence electrons. The lowest BCUT2D eigenvalue weighted by atomic mass is 10.1. The lowest BCUT2D eigenvalue weighted by molar-refractivity contribution is -0.151. The van der Waals surface area contributed by atoms with Crippen LogP contribution in [0, 0.1) is 0 Å². The van der Waals surface area contributed by atoms with Gasteiger partial charge in [0.2, 0.25) is 5.78 Å². The monoisotopic (exact) mass is 257 g/mol. The largest absolute Gasteiger partial charge is 0.568 e. The van der Waals surface area contributed by atoms with Gasteiger partial charge in [0, 0.05) is 0 Å². The quantitative estimate of drug-likeness (QED) is 0.200. The number of carbonyl (C=O) groups excluding carboxylic acids is 2. The molecule has 2 unspecified atom stereocenters. The standard InChI is InChI=1S/C6H10O9P/c7-1-2(8)4-3(9)5(6(10)14-4)15-16(11,12)13/h2,4-5,7-8,11-13H,1H2/q+1/t2?,4-,5?/m0/s1. The van der Waals surface area contributed by atoms with Crippen molar-refractivity contribution in [3.05, 3.63) is 0 Å². The van der Waals surface area contributed by atoms with E-state index in [1.807, 2.05) is 0 Å². The molecule has 1 rings (SSSR count). The molecule has 1 fully saturated rings. The first-order valence-electron chi connectivity index (χ1n) is 4.05. The third kappa shape index (κ3) is 2.92. The lowest BCUT2D eigenvalue weighted by Gasteiger charge is -2.11. The van der Waals surface area contributed by atoms with E-state index in [4.69, 9.17) is 24.9 Å². The van der Waals surface area contributed by atoms with Crippen LogP contribution in [-0.4, -0.2) is 61.6 Å². The molecule has 16 heavy (non-hydrogen) atoms. The fourth-order valence-corrected chi connectivity index (χ4v) is 1.58. The van der Waals surface area contributed by atoms with Crippen LogP contribution < -0.4 is 0 Å². The van der Waals surface area contributed by atoms with E-state index >= 15 is 0 Å². The van der Waals surface area contributed by atoms with Crippen LogP contribution in [0.15, 0.2) is 0 Å². The molecule has 0 bridgehead atoms. The van der Waals surface area contributed by atoms with E-state index in [0.717, 1.165) is 0 Å². The van der Waals surface area contributed by atoms with Crippen molar-refractivity contribution < 1.29 is 43.7 Å². The molecular formula is C6H10O9P+. The van der Waals surface area contributed by atoms with Crippen molar-refractivity contribution in [2.75, 3.05) is 6.61 Å². The maximum absolute atomic E-state index is 11.3. The summed E-state index contributed by atoms with van der Waals surface area (Å²) in [6, 6.07) is 0. The summed E-state index contributed by atoms with van der Waals surface area (Å²) in [5.41, 5.74) is 0. The van der Waals surface area contributed by atoms with Crippen LogP contribution in [0.4, 0.5) is 0 Å². The predicted octanol–water partition coefficient (Wildman–Crippen LogP) is -3.13. The summed E-state index contributed by atoms with van der Waals surface area (Å²) in [4.78, 5) is 47.9. The average Bonchev–Trinajstić information content (AvgIpc) is 2.42. The topological polar surface area (TPSA) is 154 Å². The van der Waals surface area contributed by atoms with Crippen molar-refractivity contribution in [1.82, 2.24) is 0 Å². The van der Waals surface area contributed by atoms with Crippen molar-refractivity contribution in [2.45, 2.75) is 18.3 Å². The molecule has 0 aliphatic carbocycles. The Morgan fingerprint density at radius 2 is 1.94 bits per heavy atom. The minimum atomic E-state index is -4.77. The Bertz CT molecular complexity index is 297. The van der Waals surface area contributed by atoms with E-state index < -0.39 is 44.8 Å². The SMILES string of the molecule is O=C1O[C@@H](C(O)CO)C(=O)C1O[P+](O)(O)O. The Labute approximate surface area is 89.5 Å². The molecular weight excluding hydrogens is 247 g/mol. The molecule has 10 heteroatoms. The third-order valence-electron chi connectivity index (χ3n) is 1.78. The number of ketones is 1. The molecule has 0 aromatic heterocycles. The van der Waals surface area contributed by atoms with Crippen molar-refractivity contribution in [1.29, 1.82) is 0 Å². The summed E-state index contributed by atoms with van der Waals surface area (Å²) in [5.74, 6) is -2.38. The van der Waals surface area contributed by atoms with Crippen molar-refractivity contribution in [3.63, 3.8) is 0 Å². The molecule has 1 aliphatic rings. The zero-order valence-corrected chi connectivity index (χ0v) is 8.65. The number of hydrogen-bond acceptors (Lipinski definition) is 9. The molecule has 0 aromatic carbocycles. The molecule has 3 atom stereocenters. The van der Waals surface area contributed by atoms with E-state index in [9.17, 15) is 9.59 Å². The van der Waals surface area contributed by atoms with Gasteiger partial charge >= 0.3 is 14.1 Å². The van der Waals surface area contributed by atoms with Crippen LogP contribution in [0.5, 0.6) is 0 Å². The number of ether oxygens (including phenoxy) is 1. The summed E-state index contributed by atoms with van der Waals surface area (Å²) in [7, 11) is -4.77. The van der Waals surface area contributed by atoms with E-state index in [0.29, 0.717) is 0 Å². The number of aliphatic hydroxyl groups excluding tert-OH is 2.